The van der Waals surface area contributed by atoms with Gasteiger partial charge >= 0.3 is 6.18 Å². The van der Waals surface area contributed by atoms with Crippen LogP contribution in [0.15, 0.2) is 18.2 Å². The molecule has 0 radical (unpaired) electrons. The van der Waals surface area contributed by atoms with Gasteiger partial charge < -0.3 is 4.57 Å². The van der Waals surface area contributed by atoms with Crippen molar-refractivity contribution in [2.45, 2.75) is 37.9 Å². The molecule has 6 heteroatoms. The van der Waals surface area contributed by atoms with Gasteiger partial charge in [0.1, 0.15) is 5.82 Å². The number of fused-ring (bicyclic) bond motifs is 1. The molecule has 1 aliphatic carbocycles. The van der Waals surface area contributed by atoms with Crippen molar-refractivity contribution in [3.05, 3.63) is 29.6 Å². The summed E-state index contributed by atoms with van der Waals surface area (Å²) in [6.07, 6.45) is -2.29. The summed E-state index contributed by atoms with van der Waals surface area (Å²) in [7, 11) is 0. The van der Waals surface area contributed by atoms with E-state index in [2.05, 4.69) is 11.9 Å². The Bertz CT molecular complexity index is 642. The first-order chi connectivity index (χ1) is 9.40. The Kier molecular flexibility index (Phi) is 3.20. The largest absolute Gasteiger partial charge is 0.416 e. The van der Waals surface area contributed by atoms with Crippen LogP contribution in [-0.2, 0) is 12.1 Å². The van der Waals surface area contributed by atoms with E-state index in [1.54, 1.807) is 0 Å². The third kappa shape index (κ3) is 2.18. The molecule has 0 spiro atoms. The standard InChI is InChI=1S/C14H14ClF3N2/c1-8-4-10(5-8)20-12-3-2-9(14(16,17)18)6-11(12)19-13(20)7-15/h2-3,6,8,10H,4-5,7H2,1H3. The lowest BCUT2D eigenvalue weighted by Gasteiger charge is -2.35. The number of aromatic nitrogens is 2. The quantitative estimate of drug-likeness (QED) is 0.731. The van der Waals surface area contributed by atoms with Crippen molar-refractivity contribution in [3.63, 3.8) is 0 Å². The van der Waals surface area contributed by atoms with Crippen molar-refractivity contribution in [2.24, 2.45) is 5.92 Å². The molecule has 1 aromatic heterocycles. The summed E-state index contributed by atoms with van der Waals surface area (Å²) in [6.45, 7) is 2.16. The zero-order valence-electron chi connectivity index (χ0n) is 10.9. The van der Waals surface area contributed by atoms with Gasteiger partial charge in [0, 0.05) is 6.04 Å². The average Bonchev–Trinajstić information content (AvgIpc) is 2.71. The first-order valence-electron chi connectivity index (χ1n) is 6.54. The molecule has 20 heavy (non-hydrogen) atoms. The first-order valence-corrected chi connectivity index (χ1v) is 7.07. The molecule has 1 heterocycles. The van der Waals surface area contributed by atoms with Crippen LogP contribution in [0.25, 0.3) is 11.0 Å². The Hall–Kier alpha value is -1.23. The van der Waals surface area contributed by atoms with E-state index in [9.17, 15) is 13.2 Å². The van der Waals surface area contributed by atoms with Gasteiger partial charge in [0.25, 0.3) is 0 Å². The van der Waals surface area contributed by atoms with E-state index in [1.807, 2.05) is 4.57 Å². The topological polar surface area (TPSA) is 17.8 Å². The molecule has 0 N–H and O–H groups in total. The molecule has 0 bridgehead atoms. The van der Waals surface area contributed by atoms with Crippen molar-refractivity contribution in [1.82, 2.24) is 9.55 Å². The van der Waals surface area contributed by atoms with Crippen LogP contribution in [0.4, 0.5) is 13.2 Å². The molecule has 2 aromatic rings. The lowest BCUT2D eigenvalue weighted by molar-refractivity contribution is -0.137. The number of benzene rings is 1. The van der Waals surface area contributed by atoms with Gasteiger partial charge in [0.2, 0.25) is 0 Å². The van der Waals surface area contributed by atoms with Gasteiger partial charge in [-0.3, -0.25) is 0 Å². The van der Waals surface area contributed by atoms with Gasteiger partial charge in [-0.25, -0.2) is 4.98 Å². The van der Waals surface area contributed by atoms with E-state index in [0.29, 0.717) is 23.3 Å². The normalized spacial score (nSPS) is 23.1. The van der Waals surface area contributed by atoms with Crippen molar-refractivity contribution < 1.29 is 13.2 Å². The molecule has 0 atom stereocenters. The summed E-state index contributed by atoms with van der Waals surface area (Å²) in [5, 5.41) is 0. The van der Waals surface area contributed by atoms with E-state index in [0.717, 1.165) is 30.5 Å². The number of hydrogen-bond acceptors (Lipinski definition) is 1. The van der Waals surface area contributed by atoms with Crippen LogP contribution >= 0.6 is 11.6 Å². The van der Waals surface area contributed by atoms with Crippen LogP contribution in [0.1, 0.15) is 37.2 Å². The van der Waals surface area contributed by atoms with Gasteiger partial charge in [-0.1, -0.05) is 6.92 Å². The number of hydrogen-bond donors (Lipinski definition) is 0. The molecule has 1 saturated carbocycles. The van der Waals surface area contributed by atoms with Crippen LogP contribution in [0.2, 0.25) is 0 Å². The third-order valence-electron chi connectivity index (χ3n) is 3.92. The lowest BCUT2D eigenvalue weighted by atomic mass is 9.81. The average molecular weight is 303 g/mol. The molecule has 3 rings (SSSR count). The summed E-state index contributed by atoms with van der Waals surface area (Å²) < 4.78 is 40.2. The van der Waals surface area contributed by atoms with Crippen LogP contribution in [0.5, 0.6) is 0 Å². The van der Waals surface area contributed by atoms with E-state index >= 15 is 0 Å². The summed E-state index contributed by atoms with van der Waals surface area (Å²) in [4.78, 5) is 4.26. The SMILES string of the molecule is CC1CC(n2c(CCl)nc3cc(C(F)(F)F)ccc32)C1. The number of imidazole rings is 1. The maximum absolute atomic E-state index is 12.7. The molecular weight excluding hydrogens is 289 g/mol. The van der Waals surface area contributed by atoms with Gasteiger partial charge in [0.15, 0.2) is 0 Å². The summed E-state index contributed by atoms with van der Waals surface area (Å²) >= 11 is 5.89. The van der Waals surface area contributed by atoms with Crippen molar-refractivity contribution in [1.29, 1.82) is 0 Å². The maximum atomic E-state index is 12.7. The minimum atomic E-state index is -4.34. The summed E-state index contributed by atoms with van der Waals surface area (Å²) in [5.41, 5.74) is 0.443. The Morgan fingerprint density at radius 3 is 2.60 bits per heavy atom. The predicted molar refractivity (Wildman–Crippen MR) is 71.7 cm³/mol. The number of halogens is 4. The Morgan fingerprint density at radius 2 is 2.05 bits per heavy atom. The molecular formula is C14H14ClF3N2. The number of alkyl halides is 4. The molecule has 0 unspecified atom stereocenters. The van der Waals surface area contributed by atoms with E-state index in [4.69, 9.17) is 11.6 Å². The number of nitrogens with zero attached hydrogens (tertiary/aromatic N) is 2. The van der Waals surface area contributed by atoms with E-state index < -0.39 is 11.7 Å². The molecule has 2 nitrogen and oxygen atoms in total. The van der Waals surface area contributed by atoms with Gasteiger partial charge in [-0.2, -0.15) is 13.2 Å². The second-order valence-corrected chi connectivity index (χ2v) is 5.73. The highest BCUT2D eigenvalue weighted by Gasteiger charge is 2.33. The third-order valence-corrected chi connectivity index (χ3v) is 4.16. The zero-order valence-corrected chi connectivity index (χ0v) is 11.7. The van der Waals surface area contributed by atoms with Crippen molar-refractivity contribution >= 4 is 22.6 Å². The highest BCUT2D eigenvalue weighted by atomic mass is 35.5. The van der Waals surface area contributed by atoms with Crippen molar-refractivity contribution in [2.75, 3.05) is 0 Å². The minimum Gasteiger partial charge on any atom is -0.324 e. The fraction of sp³-hybridized carbons (Fsp3) is 0.500. The Balaban J connectivity index is 2.10. The molecule has 0 saturated heterocycles. The Morgan fingerprint density at radius 1 is 1.35 bits per heavy atom. The van der Waals surface area contributed by atoms with Gasteiger partial charge in [0.05, 0.1) is 22.5 Å². The monoisotopic (exact) mass is 302 g/mol. The van der Waals surface area contributed by atoms with Crippen LogP contribution in [0, 0.1) is 5.92 Å². The second kappa shape index (κ2) is 4.65. The molecule has 0 amide bonds. The van der Waals surface area contributed by atoms with Crippen LogP contribution < -0.4 is 0 Å². The molecule has 1 aromatic carbocycles. The first kappa shape index (κ1) is 13.7. The van der Waals surface area contributed by atoms with Gasteiger partial charge in [-0.15, -0.1) is 11.6 Å². The Labute approximate surface area is 119 Å². The molecule has 0 aliphatic heterocycles. The van der Waals surface area contributed by atoms with Crippen molar-refractivity contribution in [3.8, 4) is 0 Å². The molecule has 108 valence electrons. The number of rotatable bonds is 2. The summed E-state index contributed by atoms with van der Waals surface area (Å²) in [5.74, 6) is 1.51. The fourth-order valence-electron chi connectivity index (χ4n) is 2.90. The van der Waals surface area contributed by atoms with Crippen LogP contribution in [0.3, 0.4) is 0 Å². The zero-order chi connectivity index (χ0) is 14.5. The second-order valence-electron chi connectivity index (χ2n) is 5.46. The predicted octanol–water partition coefficient (Wildman–Crippen LogP) is 4.76. The fourth-order valence-corrected chi connectivity index (χ4v) is 3.09. The molecule has 1 aliphatic rings. The maximum Gasteiger partial charge on any atom is 0.416 e. The van der Waals surface area contributed by atoms with E-state index in [1.165, 1.54) is 6.07 Å². The lowest BCUT2D eigenvalue weighted by Crippen LogP contribution is -2.25. The molecule has 1 fully saturated rings. The smallest absolute Gasteiger partial charge is 0.324 e. The highest BCUT2D eigenvalue weighted by Crippen LogP contribution is 2.41. The highest BCUT2D eigenvalue weighted by molar-refractivity contribution is 6.16. The summed E-state index contributed by atoms with van der Waals surface area (Å²) in [6, 6.07) is 4.02. The van der Waals surface area contributed by atoms with E-state index in [-0.39, 0.29) is 5.88 Å². The minimum absolute atomic E-state index is 0.209. The van der Waals surface area contributed by atoms with Gasteiger partial charge in [-0.05, 0) is 37.0 Å². The van der Waals surface area contributed by atoms with Crippen LogP contribution in [-0.4, -0.2) is 9.55 Å².